The zero-order chi connectivity index (χ0) is 26.0. The molecule has 1 saturated carbocycles. The Labute approximate surface area is 219 Å². The van der Waals surface area contributed by atoms with E-state index in [1.54, 1.807) is 6.07 Å². The van der Waals surface area contributed by atoms with Crippen LogP contribution in [0.2, 0.25) is 0 Å². The lowest BCUT2D eigenvalue weighted by Gasteiger charge is -2.34. The number of carbonyl (C=O) groups excluding carboxylic acids is 1. The van der Waals surface area contributed by atoms with Gasteiger partial charge in [0.25, 0.3) is 5.91 Å². The van der Waals surface area contributed by atoms with E-state index < -0.39 is 0 Å². The van der Waals surface area contributed by atoms with Gasteiger partial charge in [0, 0.05) is 37.8 Å². The van der Waals surface area contributed by atoms with E-state index in [1.807, 2.05) is 38.1 Å². The van der Waals surface area contributed by atoms with Gasteiger partial charge in [0.1, 0.15) is 17.5 Å². The first-order chi connectivity index (χ1) is 17.7. The number of aromatic nitrogens is 2. The fraction of sp³-hybridized carbons (Fsp3) is 0.607. The third kappa shape index (κ3) is 6.51. The Morgan fingerprint density at radius 3 is 2.62 bits per heavy atom. The van der Waals surface area contributed by atoms with Crippen LogP contribution in [-0.4, -0.2) is 66.9 Å². The van der Waals surface area contributed by atoms with Crippen molar-refractivity contribution in [3.8, 4) is 5.88 Å². The lowest BCUT2D eigenvalue weighted by atomic mass is 9.93. The molecule has 2 aromatic rings. The SMILES string of the molecule is C[C@@H]1CN(c2cccc(NC(=O)c3ccc(OCCC(C)(C)N)nc3N3CCC4(CC3)CC4)n2)CCO1. The molecule has 2 saturated heterocycles. The normalized spacial score (nSPS) is 21.1. The number of piperidine rings is 1. The maximum Gasteiger partial charge on any atom is 0.260 e. The summed E-state index contributed by atoms with van der Waals surface area (Å²) in [6, 6.07) is 9.30. The summed E-state index contributed by atoms with van der Waals surface area (Å²) in [5, 5.41) is 3.01. The second-order valence-corrected chi connectivity index (χ2v) is 11.6. The third-order valence-corrected chi connectivity index (χ3v) is 7.71. The molecule has 5 rings (SSSR count). The number of anilines is 3. The van der Waals surface area contributed by atoms with Gasteiger partial charge in [-0.15, -0.1) is 0 Å². The van der Waals surface area contributed by atoms with Crippen molar-refractivity contribution in [2.45, 2.75) is 64.5 Å². The second-order valence-electron chi connectivity index (χ2n) is 11.6. The first-order valence-corrected chi connectivity index (χ1v) is 13.5. The summed E-state index contributed by atoms with van der Waals surface area (Å²) < 4.78 is 11.6. The molecule has 1 spiro atoms. The number of hydrogen-bond acceptors (Lipinski definition) is 8. The molecule has 2 aromatic heterocycles. The summed E-state index contributed by atoms with van der Waals surface area (Å²) in [4.78, 5) is 27.4. The van der Waals surface area contributed by atoms with Gasteiger partial charge in [0.2, 0.25) is 5.88 Å². The Kier molecular flexibility index (Phi) is 7.27. The van der Waals surface area contributed by atoms with E-state index in [-0.39, 0.29) is 17.6 Å². The zero-order valence-electron chi connectivity index (χ0n) is 22.3. The van der Waals surface area contributed by atoms with E-state index >= 15 is 0 Å². The molecule has 1 atom stereocenters. The highest BCUT2D eigenvalue weighted by atomic mass is 16.5. The number of nitrogens with two attached hydrogens (primary N) is 1. The molecule has 1 aliphatic carbocycles. The van der Waals surface area contributed by atoms with Gasteiger partial charge in [-0.25, -0.2) is 4.98 Å². The number of amides is 1. The number of ether oxygens (including phenoxy) is 2. The number of carbonyl (C=O) groups is 1. The van der Waals surface area contributed by atoms with Crippen molar-refractivity contribution in [1.82, 2.24) is 9.97 Å². The van der Waals surface area contributed by atoms with Crippen LogP contribution in [0.4, 0.5) is 17.5 Å². The average molecular weight is 509 g/mol. The molecule has 0 radical (unpaired) electrons. The monoisotopic (exact) mass is 508 g/mol. The molecule has 3 fully saturated rings. The standard InChI is InChI=1S/C28H40N6O3/c1-20-19-34(16-18-36-20)23-6-4-5-22(30-23)31-26(35)21-7-8-24(37-17-13-27(2,3)29)32-25(21)33-14-11-28(9-10-28)12-15-33/h4-8,20H,9-19,29H2,1-3H3,(H,30,31,35)/t20-/m1/s1. The summed E-state index contributed by atoms with van der Waals surface area (Å²) in [5.41, 5.74) is 6.85. The van der Waals surface area contributed by atoms with Gasteiger partial charge in [0.15, 0.2) is 0 Å². The first kappa shape index (κ1) is 25.7. The minimum Gasteiger partial charge on any atom is -0.478 e. The number of rotatable bonds is 8. The van der Waals surface area contributed by atoms with Gasteiger partial charge in [-0.3, -0.25) is 4.79 Å². The van der Waals surface area contributed by atoms with E-state index in [4.69, 9.17) is 25.2 Å². The number of hydrogen-bond donors (Lipinski definition) is 2. The molecule has 0 aromatic carbocycles. The molecule has 3 N–H and O–H groups in total. The van der Waals surface area contributed by atoms with Crippen molar-refractivity contribution in [2.24, 2.45) is 11.1 Å². The number of nitrogens with one attached hydrogen (secondary N) is 1. The van der Waals surface area contributed by atoms with Crippen LogP contribution in [-0.2, 0) is 4.74 Å². The highest BCUT2D eigenvalue weighted by molar-refractivity contribution is 6.07. The smallest absolute Gasteiger partial charge is 0.260 e. The predicted molar refractivity (Wildman–Crippen MR) is 146 cm³/mol. The van der Waals surface area contributed by atoms with Crippen molar-refractivity contribution in [2.75, 3.05) is 54.5 Å². The largest absolute Gasteiger partial charge is 0.478 e. The van der Waals surface area contributed by atoms with Crippen LogP contribution >= 0.6 is 0 Å². The molecule has 3 aliphatic rings. The quantitative estimate of drug-likeness (QED) is 0.554. The maximum absolute atomic E-state index is 13.5. The van der Waals surface area contributed by atoms with Gasteiger partial charge in [-0.1, -0.05) is 6.07 Å². The van der Waals surface area contributed by atoms with E-state index in [0.717, 1.165) is 44.8 Å². The van der Waals surface area contributed by atoms with Gasteiger partial charge in [0.05, 0.1) is 24.9 Å². The maximum atomic E-state index is 13.5. The highest BCUT2D eigenvalue weighted by Gasteiger charge is 2.45. The zero-order valence-corrected chi connectivity index (χ0v) is 22.3. The Hall–Kier alpha value is -2.91. The topological polar surface area (TPSA) is 106 Å². The van der Waals surface area contributed by atoms with Crippen molar-refractivity contribution in [3.05, 3.63) is 35.9 Å². The van der Waals surface area contributed by atoms with Crippen molar-refractivity contribution in [3.63, 3.8) is 0 Å². The van der Waals surface area contributed by atoms with Crippen LogP contribution < -0.4 is 25.6 Å². The summed E-state index contributed by atoms with van der Waals surface area (Å²) in [6.45, 7) is 10.5. The number of pyridine rings is 2. The van der Waals surface area contributed by atoms with Crippen LogP contribution in [0.1, 0.15) is 63.2 Å². The molecule has 0 bridgehead atoms. The minimum atomic E-state index is -0.311. The molecule has 200 valence electrons. The van der Waals surface area contributed by atoms with E-state index in [2.05, 4.69) is 22.0 Å². The van der Waals surface area contributed by atoms with Gasteiger partial charge in [-0.2, -0.15) is 4.98 Å². The summed E-state index contributed by atoms with van der Waals surface area (Å²) >= 11 is 0. The average Bonchev–Trinajstić information content (AvgIpc) is 3.62. The van der Waals surface area contributed by atoms with Gasteiger partial charge in [-0.05, 0) is 76.5 Å². The lowest BCUT2D eigenvalue weighted by Crippen LogP contribution is -2.41. The third-order valence-electron chi connectivity index (χ3n) is 7.71. The molecular formula is C28H40N6O3. The van der Waals surface area contributed by atoms with Crippen molar-refractivity contribution < 1.29 is 14.3 Å². The Morgan fingerprint density at radius 2 is 1.92 bits per heavy atom. The Morgan fingerprint density at radius 1 is 1.14 bits per heavy atom. The van der Waals surface area contributed by atoms with Crippen LogP contribution in [0.5, 0.6) is 5.88 Å². The highest BCUT2D eigenvalue weighted by Crippen LogP contribution is 2.54. The molecule has 1 amide bonds. The Bertz CT molecular complexity index is 1100. The van der Waals surface area contributed by atoms with Crippen LogP contribution in [0.25, 0.3) is 0 Å². The molecule has 9 nitrogen and oxygen atoms in total. The first-order valence-electron chi connectivity index (χ1n) is 13.5. The van der Waals surface area contributed by atoms with E-state index in [0.29, 0.717) is 48.1 Å². The number of morpholine rings is 1. The molecule has 2 aliphatic heterocycles. The fourth-order valence-electron chi connectivity index (χ4n) is 5.10. The summed E-state index contributed by atoms with van der Waals surface area (Å²) in [5.74, 6) is 2.33. The van der Waals surface area contributed by atoms with Crippen LogP contribution in [0.3, 0.4) is 0 Å². The van der Waals surface area contributed by atoms with E-state index in [1.165, 1.54) is 12.8 Å². The van der Waals surface area contributed by atoms with Crippen molar-refractivity contribution >= 4 is 23.4 Å². The predicted octanol–water partition coefficient (Wildman–Crippen LogP) is 3.84. The summed E-state index contributed by atoms with van der Waals surface area (Å²) in [6.07, 6.45) is 5.79. The minimum absolute atomic E-state index is 0.151. The summed E-state index contributed by atoms with van der Waals surface area (Å²) in [7, 11) is 0. The van der Waals surface area contributed by atoms with Crippen LogP contribution in [0.15, 0.2) is 30.3 Å². The lowest BCUT2D eigenvalue weighted by molar-refractivity contribution is 0.0529. The molecule has 37 heavy (non-hydrogen) atoms. The van der Waals surface area contributed by atoms with E-state index in [9.17, 15) is 4.79 Å². The number of nitrogens with zero attached hydrogens (tertiary/aromatic N) is 4. The van der Waals surface area contributed by atoms with Crippen molar-refractivity contribution in [1.29, 1.82) is 0 Å². The molecule has 9 heteroatoms. The molecule has 0 unspecified atom stereocenters. The van der Waals surface area contributed by atoms with Gasteiger partial charge >= 0.3 is 0 Å². The van der Waals surface area contributed by atoms with Gasteiger partial charge < -0.3 is 30.3 Å². The second kappa shape index (κ2) is 10.5. The Balaban J connectivity index is 1.33. The fourth-order valence-corrected chi connectivity index (χ4v) is 5.10. The molecular weight excluding hydrogens is 468 g/mol. The molecule has 4 heterocycles. The van der Waals surface area contributed by atoms with Crippen LogP contribution in [0, 0.1) is 5.41 Å².